The molecule has 35 heavy (non-hydrogen) atoms. The Morgan fingerprint density at radius 2 is 1.23 bits per heavy atom. The Bertz CT molecular complexity index is 742. The van der Waals surface area contributed by atoms with Crippen LogP contribution in [-0.4, -0.2) is 96.7 Å². The molecule has 3 unspecified atom stereocenters. The second kappa shape index (κ2) is 12.9. The molecule has 2 amide bonds. The van der Waals surface area contributed by atoms with E-state index in [1.807, 2.05) is 20.8 Å². The molecule has 0 aliphatic carbocycles. The highest BCUT2D eigenvalue weighted by Gasteiger charge is 2.37. The first-order chi connectivity index (χ1) is 16.1. The van der Waals surface area contributed by atoms with Crippen molar-refractivity contribution in [2.45, 2.75) is 78.1 Å². The molecule has 0 spiro atoms. The fraction of sp³-hybridized carbons (Fsp3) is 0.833. The fourth-order valence-corrected chi connectivity index (χ4v) is 3.64. The number of ether oxygens (including phenoxy) is 4. The van der Waals surface area contributed by atoms with Crippen molar-refractivity contribution in [3.63, 3.8) is 0 Å². The maximum Gasteiger partial charge on any atom is 0.410 e. The van der Waals surface area contributed by atoms with E-state index in [2.05, 4.69) is 4.74 Å². The molecule has 0 radical (unpaired) electrons. The highest BCUT2D eigenvalue weighted by atomic mass is 16.6. The van der Waals surface area contributed by atoms with Crippen molar-refractivity contribution in [2.75, 3.05) is 40.4 Å². The summed E-state index contributed by atoms with van der Waals surface area (Å²) in [6, 6.07) is 0. The van der Waals surface area contributed by atoms with Crippen LogP contribution in [0.3, 0.4) is 0 Å². The number of rotatable bonds is 2. The largest absolute Gasteiger partial charge is 0.469 e. The van der Waals surface area contributed by atoms with Gasteiger partial charge < -0.3 is 33.9 Å². The monoisotopic (exact) mass is 502 g/mol. The molecule has 0 saturated carbocycles. The molecule has 0 aromatic carbocycles. The highest BCUT2D eigenvalue weighted by Crippen LogP contribution is 2.21. The second-order valence-corrected chi connectivity index (χ2v) is 10.7. The number of hydrogen-bond acceptors (Lipinski definition) is 9. The van der Waals surface area contributed by atoms with Gasteiger partial charge >= 0.3 is 24.1 Å². The lowest BCUT2D eigenvalue weighted by Crippen LogP contribution is -2.50. The number of methoxy groups -OCH3 is 2. The second-order valence-electron chi connectivity index (χ2n) is 10.7. The lowest BCUT2D eigenvalue weighted by atomic mass is 9.95. The van der Waals surface area contributed by atoms with Crippen LogP contribution in [0.5, 0.6) is 0 Å². The van der Waals surface area contributed by atoms with E-state index in [-0.39, 0.29) is 24.5 Å². The minimum atomic E-state index is -0.767. The Balaban J connectivity index is 0.000000351. The Labute approximate surface area is 208 Å². The lowest BCUT2D eigenvalue weighted by Gasteiger charge is -2.35. The van der Waals surface area contributed by atoms with Gasteiger partial charge in [0.1, 0.15) is 17.1 Å². The molecular weight excluding hydrogens is 460 g/mol. The molecule has 2 aliphatic heterocycles. The minimum Gasteiger partial charge on any atom is -0.469 e. The quantitative estimate of drug-likeness (QED) is 0.447. The number of nitrogens with zero attached hydrogens (tertiary/aromatic N) is 2. The van der Waals surface area contributed by atoms with Crippen LogP contribution in [-0.2, 0) is 28.5 Å². The third-order valence-electron chi connectivity index (χ3n) is 5.34. The summed E-state index contributed by atoms with van der Waals surface area (Å²) in [7, 11) is 2.64. The molecule has 2 aliphatic rings. The normalized spacial score (nSPS) is 22.8. The van der Waals surface area contributed by atoms with Crippen molar-refractivity contribution in [1.82, 2.24) is 9.80 Å². The molecule has 11 nitrogen and oxygen atoms in total. The van der Waals surface area contributed by atoms with E-state index in [4.69, 9.17) is 14.2 Å². The molecule has 11 heteroatoms. The number of esters is 2. The predicted molar refractivity (Wildman–Crippen MR) is 126 cm³/mol. The number of aliphatic hydroxyl groups is 1. The summed E-state index contributed by atoms with van der Waals surface area (Å²) < 4.78 is 19.8. The average Bonchev–Trinajstić information content (AvgIpc) is 2.76. The first kappa shape index (κ1) is 30.5. The van der Waals surface area contributed by atoms with Crippen molar-refractivity contribution in [3.8, 4) is 0 Å². The van der Waals surface area contributed by atoms with Crippen LogP contribution >= 0.6 is 0 Å². The summed E-state index contributed by atoms with van der Waals surface area (Å²) in [5.74, 6) is -1.67. The average molecular weight is 503 g/mol. The topological polar surface area (TPSA) is 132 Å². The van der Waals surface area contributed by atoms with Gasteiger partial charge in [0.25, 0.3) is 0 Å². The molecular formula is C24H42N2O9. The van der Waals surface area contributed by atoms with Gasteiger partial charge in [-0.15, -0.1) is 0 Å². The number of likely N-dealkylation sites (tertiary alicyclic amines) is 2. The van der Waals surface area contributed by atoms with Gasteiger partial charge in [-0.2, -0.15) is 0 Å². The number of aliphatic hydroxyl groups excluding tert-OH is 1. The van der Waals surface area contributed by atoms with E-state index in [9.17, 15) is 24.3 Å². The minimum absolute atomic E-state index is 0.128. The molecule has 2 heterocycles. The summed E-state index contributed by atoms with van der Waals surface area (Å²) in [6.07, 6.45) is 0.329. The van der Waals surface area contributed by atoms with Crippen molar-refractivity contribution in [3.05, 3.63) is 0 Å². The van der Waals surface area contributed by atoms with Crippen molar-refractivity contribution in [1.29, 1.82) is 0 Å². The van der Waals surface area contributed by atoms with Gasteiger partial charge in [0.2, 0.25) is 0 Å². The zero-order valence-electron chi connectivity index (χ0n) is 22.3. The molecule has 2 fully saturated rings. The third-order valence-corrected chi connectivity index (χ3v) is 5.34. The molecule has 1 N–H and O–H groups in total. The van der Waals surface area contributed by atoms with E-state index in [1.165, 1.54) is 19.1 Å². The summed E-state index contributed by atoms with van der Waals surface area (Å²) in [5, 5.41) is 9.72. The van der Waals surface area contributed by atoms with Crippen LogP contribution in [0.25, 0.3) is 0 Å². The fourth-order valence-electron chi connectivity index (χ4n) is 3.64. The molecule has 2 saturated heterocycles. The van der Waals surface area contributed by atoms with Crippen LogP contribution < -0.4 is 0 Å². The van der Waals surface area contributed by atoms with Gasteiger partial charge in [-0.3, -0.25) is 9.59 Å². The van der Waals surface area contributed by atoms with E-state index in [1.54, 1.807) is 25.7 Å². The van der Waals surface area contributed by atoms with E-state index >= 15 is 0 Å². The molecule has 2 rings (SSSR count). The molecule has 0 aromatic heterocycles. The van der Waals surface area contributed by atoms with Gasteiger partial charge in [-0.1, -0.05) is 0 Å². The number of amides is 2. The Kier molecular flexibility index (Phi) is 11.3. The number of hydrogen-bond donors (Lipinski definition) is 1. The van der Waals surface area contributed by atoms with Gasteiger partial charge in [0.15, 0.2) is 0 Å². The highest BCUT2D eigenvalue weighted by molar-refractivity contribution is 5.76. The Morgan fingerprint density at radius 3 is 1.69 bits per heavy atom. The Hall–Kier alpha value is -2.56. The van der Waals surface area contributed by atoms with Gasteiger partial charge in [0, 0.05) is 26.2 Å². The summed E-state index contributed by atoms with van der Waals surface area (Å²) in [6.45, 7) is 12.4. The van der Waals surface area contributed by atoms with Gasteiger partial charge in [0.05, 0.1) is 26.2 Å². The van der Waals surface area contributed by atoms with Gasteiger partial charge in [-0.05, 0) is 60.8 Å². The van der Waals surface area contributed by atoms with Crippen molar-refractivity contribution >= 4 is 24.1 Å². The maximum atomic E-state index is 11.8. The standard InChI is InChI=1S/C12H21NO5.C12H21NO4/c1-12(2,3)18-11(16)13-6-5-9(14)8(7-13)10(15)17-4;1-12(2,3)17-11(15)13-7-5-6-9(8-13)10(14)16-4/h8-9,14H,5-7H2,1-4H3;9H,5-8H2,1-4H3. The first-order valence-electron chi connectivity index (χ1n) is 11.9. The number of carbonyl (C=O) groups excluding carboxylic acids is 4. The van der Waals surface area contributed by atoms with Gasteiger partial charge in [-0.25, -0.2) is 9.59 Å². The zero-order chi connectivity index (χ0) is 27.0. The summed E-state index contributed by atoms with van der Waals surface area (Å²) in [5.41, 5.74) is -1.08. The van der Waals surface area contributed by atoms with E-state index in [0.29, 0.717) is 26.1 Å². The predicted octanol–water partition coefficient (Wildman–Crippen LogP) is 2.58. The number of piperidine rings is 2. The molecule has 0 bridgehead atoms. The van der Waals surface area contributed by atoms with Crippen molar-refractivity contribution < 1.29 is 43.2 Å². The van der Waals surface area contributed by atoms with Crippen LogP contribution in [0.4, 0.5) is 9.59 Å². The molecule has 202 valence electrons. The summed E-state index contributed by atoms with van der Waals surface area (Å²) in [4.78, 5) is 49.6. The zero-order valence-corrected chi connectivity index (χ0v) is 22.3. The molecule has 0 aromatic rings. The number of carbonyl (C=O) groups is 4. The smallest absolute Gasteiger partial charge is 0.410 e. The lowest BCUT2D eigenvalue weighted by molar-refractivity contribution is -0.152. The van der Waals surface area contributed by atoms with Crippen LogP contribution in [0.1, 0.15) is 60.8 Å². The van der Waals surface area contributed by atoms with Crippen molar-refractivity contribution in [2.24, 2.45) is 11.8 Å². The van der Waals surface area contributed by atoms with Crippen LogP contribution in [0, 0.1) is 11.8 Å². The van der Waals surface area contributed by atoms with E-state index in [0.717, 1.165) is 12.8 Å². The SMILES string of the molecule is COC(=O)C1CCCN(C(=O)OC(C)(C)C)C1.COC(=O)C1CN(C(=O)OC(C)(C)C)CCC1O. The third kappa shape index (κ3) is 10.7. The first-order valence-corrected chi connectivity index (χ1v) is 11.9. The summed E-state index contributed by atoms with van der Waals surface area (Å²) >= 11 is 0. The van der Waals surface area contributed by atoms with Crippen LogP contribution in [0.15, 0.2) is 0 Å². The maximum absolute atomic E-state index is 11.8. The van der Waals surface area contributed by atoms with E-state index < -0.39 is 35.3 Å². The molecule has 3 atom stereocenters. The Morgan fingerprint density at radius 1 is 0.743 bits per heavy atom. The van der Waals surface area contributed by atoms with Crippen LogP contribution in [0.2, 0.25) is 0 Å².